The van der Waals surface area contributed by atoms with Crippen LogP contribution in [-0.4, -0.2) is 5.78 Å². The Balaban J connectivity index is 2.49. The van der Waals surface area contributed by atoms with Crippen molar-refractivity contribution >= 4 is 60.6 Å². The number of thiophene rings is 1. The predicted octanol–water partition coefficient (Wildman–Crippen LogP) is 5.16. The number of ketones is 1. The second-order valence-corrected chi connectivity index (χ2v) is 6.14. The Morgan fingerprint density at radius 3 is 2.62 bits per heavy atom. The van der Waals surface area contributed by atoms with Gasteiger partial charge in [0.15, 0.2) is 0 Å². The Labute approximate surface area is 119 Å². The van der Waals surface area contributed by atoms with Crippen molar-refractivity contribution in [3.05, 3.63) is 54.1 Å². The van der Waals surface area contributed by atoms with Crippen LogP contribution in [0.5, 0.6) is 0 Å². The molecule has 0 bridgehead atoms. The summed E-state index contributed by atoms with van der Waals surface area (Å²) in [5.74, 6) is -0.0619. The first kappa shape index (κ1) is 12.3. The molecule has 0 radical (unpaired) electrons. The maximum absolute atomic E-state index is 12.2. The average Bonchev–Trinajstić information content (AvgIpc) is 2.67. The van der Waals surface area contributed by atoms with Crippen LogP contribution in [0.15, 0.2) is 38.6 Å². The molecule has 0 saturated carbocycles. The standard InChI is InChI=1S/C11H5Br2ClOS/c12-6-1-2-9(14)7(5-6)10(15)11-8(13)3-4-16-11/h1-5H. The highest BCUT2D eigenvalue weighted by molar-refractivity contribution is 9.10. The molecule has 1 nitrogen and oxygen atoms in total. The van der Waals surface area contributed by atoms with Crippen molar-refractivity contribution in [1.29, 1.82) is 0 Å². The maximum Gasteiger partial charge on any atom is 0.205 e. The Morgan fingerprint density at radius 2 is 2.00 bits per heavy atom. The normalized spacial score (nSPS) is 10.4. The lowest BCUT2D eigenvalue weighted by Crippen LogP contribution is -2.00. The number of rotatable bonds is 2. The molecule has 5 heteroatoms. The Morgan fingerprint density at radius 1 is 1.25 bits per heavy atom. The van der Waals surface area contributed by atoms with E-state index in [-0.39, 0.29) is 5.78 Å². The van der Waals surface area contributed by atoms with Crippen molar-refractivity contribution in [2.24, 2.45) is 0 Å². The number of halogens is 3. The fourth-order valence-corrected chi connectivity index (χ4v) is 3.32. The van der Waals surface area contributed by atoms with Crippen molar-refractivity contribution in [3.63, 3.8) is 0 Å². The minimum atomic E-state index is -0.0619. The molecule has 0 unspecified atom stereocenters. The Hall–Kier alpha value is -0.160. The van der Waals surface area contributed by atoms with E-state index in [1.807, 2.05) is 17.5 Å². The summed E-state index contributed by atoms with van der Waals surface area (Å²) >= 11 is 14.1. The molecule has 1 heterocycles. The quantitative estimate of drug-likeness (QED) is 0.658. The summed E-state index contributed by atoms with van der Waals surface area (Å²) in [6.07, 6.45) is 0. The van der Waals surface area contributed by atoms with Gasteiger partial charge in [0, 0.05) is 14.5 Å². The van der Waals surface area contributed by atoms with Crippen LogP contribution in [0.3, 0.4) is 0 Å². The molecule has 0 atom stereocenters. The molecule has 0 aliphatic heterocycles. The highest BCUT2D eigenvalue weighted by Crippen LogP contribution is 2.29. The third kappa shape index (κ3) is 2.40. The fourth-order valence-electron chi connectivity index (χ4n) is 1.25. The number of carbonyl (C=O) groups excluding carboxylic acids is 1. The Kier molecular flexibility index (Phi) is 3.85. The number of hydrogen-bond donors (Lipinski definition) is 0. The molecule has 0 amide bonds. The zero-order valence-electron chi connectivity index (χ0n) is 7.84. The van der Waals surface area contributed by atoms with Gasteiger partial charge in [-0.15, -0.1) is 11.3 Å². The Bertz CT molecular complexity index is 551. The maximum atomic E-state index is 12.2. The molecular formula is C11H5Br2ClOS. The van der Waals surface area contributed by atoms with Gasteiger partial charge in [0.25, 0.3) is 0 Å². The minimum absolute atomic E-state index is 0.0619. The van der Waals surface area contributed by atoms with Crippen LogP contribution >= 0.6 is 54.8 Å². The third-order valence-corrected chi connectivity index (χ3v) is 4.66. The lowest BCUT2D eigenvalue weighted by atomic mass is 10.1. The largest absolute Gasteiger partial charge is 0.288 e. The van der Waals surface area contributed by atoms with Crippen LogP contribution in [0.25, 0.3) is 0 Å². The van der Waals surface area contributed by atoms with Crippen molar-refractivity contribution in [2.45, 2.75) is 0 Å². The minimum Gasteiger partial charge on any atom is -0.288 e. The fraction of sp³-hybridized carbons (Fsp3) is 0. The van der Waals surface area contributed by atoms with Crippen LogP contribution in [-0.2, 0) is 0 Å². The van der Waals surface area contributed by atoms with Gasteiger partial charge in [0.1, 0.15) is 0 Å². The highest BCUT2D eigenvalue weighted by atomic mass is 79.9. The molecule has 16 heavy (non-hydrogen) atoms. The van der Waals surface area contributed by atoms with Gasteiger partial charge in [-0.3, -0.25) is 4.79 Å². The molecule has 2 rings (SSSR count). The van der Waals surface area contributed by atoms with Gasteiger partial charge in [0.2, 0.25) is 5.78 Å². The summed E-state index contributed by atoms with van der Waals surface area (Å²) in [7, 11) is 0. The van der Waals surface area contributed by atoms with Gasteiger partial charge in [-0.1, -0.05) is 27.5 Å². The molecule has 0 spiro atoms. The second-order valence-electron chi connectivity index (χ2n) is 3.05. The molecule has 0 fully saturated rings. The number of hydrogen-bond acceptors (Lipinski definition) is 2. The monoisotopic (exact) mass is 378 g/mol. The predicted molar refractivity (Wildman–Crippen MR) is 74.6 cm³/mol. The molecule has 0 aliphatic rings. The molecule has 1 aromatic heterocycles. The topological polar surface area (TPSA) is 17.1 Å². The van der Waals surface area contributed by atoms with Gasteiger partial charge in [-0.05, 0) is 45.6 Å². The van der Waals surface area contributed by atoms with E-state index in [4.69, 9.17) is 11.6 Å². The zero-order valence-corrected chi connectivity index (χ0v) is 12.6. The van der Waals surface area contributed by atoms with Gasteiger partial charge in [0.05, 0.1) is 9.90 Å². The van der Waals surface area contributed by atoms with Crippen LogP contribution in [0.4, 0.5) is 0 Å². The first-order valence-electron chi connectivity index (χ1n) is 4.32. The summed E-state index contributed by atoms with van der Waals surface area (Å²) in [6.45, 7) is 0. The summed E-state index contributed by atoms with van der Waals surface area (Å²) in [6, 6.07) is 7.10. The lowest BCUT2D eigenvalue weighted by Gasteiger charge is -2.03. The van der Waals surface area contributed by atoms with Crippen molar-refractivity contribution in [3.8, 4) is 0 Å². The van der Waals surface area contributed by atoms with E-state index in [0.717, 1.165) is 8.95 Å². The first-order chi connectivity index (χ1) is 7.59. The summed E-state index contributed by atoms with van der Waals surface area (Å²) < 4.78 is 1.64. The van der Waals surface area contributed by atoms with E-state index in [1.54, 1.807) is 12.1 Å². The van der Waals surface area contributed by atoms with Crippen LogP contribution in [0.2, 0.25) is 5.02 Å². The van der Waals surface area contributed by atoms with Crippen LogP contribution < -0.4 is 0 Å². The molecular weight excluding hydrogens is 375 g/mol. The van der Waals surface area contributed by atoms with E-state index in [1.165, 1.54) is 11.3 Å². The van der Waals surface area contributed by atoms with E-state index in [9.17, 15) is 4.79 Å². The number of carbonyl (C=O) groups is 1. The van der Waals surface area contributed by atoms with Crippen molar-refractivity contribution in [2.75, 3.05) is 0 Å². The van der Waals surface area contributed by atoms with E-state index in [0.29, 0.717) is 15.5 Å². The van der Waals surface area contributed by atoms with Gasteiger partial charge >= 0.3 is 0 Å². The zero-order chi connectivity index (χ0) is 11.7. The highest BCUT2D eigenvalue weighted by Gasteiger charge is 2.17. The van der Waals surface area contributed by atoms with Gasteiger partial charge < -0.3 is 0 Å². The summed E-state index contributed by atoms with van der Waals surface area (Å²) in [5.41, 5.74) is 0.513. The molecule has 0 saturated heterocycles. The summed E-state index contributed by atoms with van der Waals surface area (Å²) in [4.78, 5) is 12.8. The number of benzene rings is 1. The molecule has 0 N–H and O–H groups in total. The van der Waals surface area contributed by atoms with Crippen molar-refractivity contribution in [1.82, 2.24) is 0 Å². The second kappa shape index (κ2) is 5.00. The molecule has 1 aromatic carbocycles. The first-order valence-corrected chi connectivity index (χ1v) is 7.16. The van der Waals surface area contributed by atoms with Crippen LogP contribution in [0.1, 0.15) is 15.2 Å². The van der Waals surface area contributed by atoms with Crippen LogP contribution in [0, 0.1) is 0 Å². The third-order valence-electron chi connectivity index (χ3n) is 2.00. The van der Waals surface area contributed by atoms with E-state index < -0.39 is 0 Å². The van der Waals surface area contributed by atoms with Crippen molar-refractivity contribution < 1.29 is 4.79 Å². The summed E-state index contributed by atoms with van der Waals surface area (Å²) in [5, 5.41) is 2.33. The van der Waals surface area contributed by atoms with Gasteiger partial charge in [-0.2, -0.15) is 0 Å². The lowest BCUT2D eigenvalue weighted by molar-refractivity contribution is 0.104. The smallest absolute Gasteiger partial charge is 0.205 e. The average molecular weight is 380 g/mol. The van der Waals surface area contributed by atoms with Gasteiger partial charge in [-0.25, -0.2) is 0 Å². The molecule has 82 valence electrons. The molecule has 2 aromatic rings. The van der Waals surface area contributed by atoms with E-state index >= 15 is 0 Å². The van der Waals surface area contributed by atoms with E-state index in [2.05, 4.69) is 31.9 Å². The SMILES string of the molecule is O=C(c1cc(Br)ccc1Cl)c1sccc1Br. The molecule has 0 aliphatic carbocycles.